The SMILES string of the molecule is CC(CNC(=O)C1CNCCO1)c1c(Cl)cccc1Cl.Cl. The molecule has 0 aliphatic carbocycles. The summed E-state index contributed by atoms with van der Waals surface area (Å²) in [5.41, 5.74) is 0.860. The van der Waals surface area contributed by atoms with Crippen LogP contribution in [0.15, 0.2) is 18.2 Å². The fourth-order valence-corrected chi connectivity index (χ4v) is 2.95. The van der Waals surface area contributed by atoms with Gasteiger partial charge in [0.15, 0.2) is 0 Å². The summed E-state index contributed by atoms with van der Waals surface area (Å²) in [4.78, 5) is 12.0. The number of carbonyl (C=O) groups is 1. The standard InChI is InChI=1S/C14H18Cl2N2O2.ClH/c1-9(13-10(15)3-2-4-11(13)16)7-18-14(19)12-8-17-5-6-20-12;/h2-4,9,12,17H,5-8H2,1H3,(H,18,19);1H. The van der Waals surface area contributed by atoms with Crippen molar-refractivity contribution in [2.45, 2.75) is 18.9 Å². The molecule has 1 aromatic rings. The van der Waals surface area contributed by atoms with Crippen molar-refractivity contribution in [3.63, 3.8) is 0 Å². The second-order valence-corrected chi connectivity index (χ2v) is 5.66. The van der Waals surface area contributed by atoms with E-state index in [2.05, 4.69) is 10.6 Å². The largest absolute Gasteiger partial charge is 0.366 e. The van der Waals surface area contributed by atoms with Gasteiger partial charge in [0.1, 0.15) is 6.10 Å². The van der Waals surface area contributed by atoms with Crippen LogP contribution in [0.1, 0.15) is 18.4 Å². The Bertz CT molecular complexity index is 459. The van der Waals surface area contributed by atoms with E-state index in [9.17, 15) is 4.79 Å². The van der Waals surface area contributed by atoms with Crippen LogP contribution in [-0.4, -0.2) is 38.3 Å². The van der Waals surface area contributed by atoms with E-state index in [4.69, 9.17) is 27.9 Å². The van der Waals surface area contributed by atoms with E-state index in [1.165, 1.54) is 0 Å². The predicted octanol–water partition coefficient (Wildman–Crippen LogP) is 2.62. The number of ether oxygens (including phenoxy) is 1. The number of morpholine rings is 1. The van der Waals surface area contributed by atoms with E-state index in [-0.39, 0.29) is 24.2 Å². The van der Waals surface area contributed by atoms with Crippen LogP contribution < -0.4 is 10.6 Å². The molecule has 2 rings (SSSR count). The number of halogens is 3. The van der Waals surface area contributed by atoms with Crippen molar-refractivity contribution in [1.29, 1.82) is 0 Å². The molecule has 0 bridgehead atoms. The molecule has 2 unspecified atom stereocenters. The molecule has 21 heavy (non-hydrogen) atoms. The molecule has 0 aromatic heterocycles. The van der Waals surface area contributed by atoms with Crippen LogP contribution in [0, 0.1) is 0 Å². The Hall–Kier alpha value is -0.520. The number of benzene rings is 1. The zero-order valence-electron chi connectivity index (χ0n) is 11.7. The highest BCUT2D eigenvalue weighted by atomic mass is 35.5. The van der Waals surface area contributed by atoms with Crippen molar-refractivity contribution in [3.05, 3.63) is 33.8 Å². The van der Waals surface area contributed by atoms with Gasteiger partial charge in [-0.05, 0) is 17.7 Å². The molecular weight excluding hydrogens is 335 g/mol. The van der Waals surface area contributed by atoms with E-state index < -0.39 is 6.10 Å². The Morgan fingerprint density at radius 2 is 2.14 bits per heavy atom. The Morgan fingerprint density at radius 1 is 1.48 bits per heavy atom. The average molecular weight is 354 g/mol. The summed E-state index contributed by atoms with van der Waals surface area (Å²) in [7, 11) is 0. The van der Waals surface area contributed by atoms with E-state index >= 15 is 0 Å². The lowest BCUT2D eigenvalue weighted by Gasteiger charge is -2.24. The summed E-state index contributed by atoms with van der Waals surface area (Å²) >= 11 is 12.3. The van der Waals surface area contributed by atoms with Crippen LogP contribution in [-0.2, 0) is 9.53 Å². The number of amides is 1. The summed E-state index contributed by atoms with van der Waals surface area (Å²) in [5.74, 6) is -0.0658. The van der Waals surface area contributed by atoms with Gasteiger partial charge in [-0.2, -0.15) is 0 Å². The third-order valence-corrected chi connectivity index (χ3v) is 3.95. The van der Waals surface area contributed by atoms with E-state index in [0.717, 1.165) is 12.1 Å². The minimum atomic E-state index is -0.419. The summed E-state index contributed by atoms with van der Waals surface area (Å²) in [6.07, 6.45) is -0.419. The molecule has 4 nitrogen and oxygen atoms in total. The van der Waals surface area contributed by atoms with Gasteiger partial charge in [0.05, 0.1) is 6.61 Å². The zero-order chi connectivity index (χ0) is 14.5. The Balaban J connectivity index is 0.00000220. The Kier molecular flexibility index (Phi) is 7.77. The molecule has 0 saturated carbocycles. The molecule has 0 radical (unpaired) electrons. The zero-order valence-corrected chi connectivity index (χ0v) is 14.0. The lowest BCUT2D eigenvalue weighted by Crippen LogP contribution is -2.48. The molecule has 1 aliphatic heterocycles. The van der Waals surface area contributed by atoms with Crippen LogP contribution in [0.4, 0.5) is 0 Å². The van der Waals surface area contributed by atoms with Gasteiger partial charge in [0, 0.05) is 35.6 Å². The highest BCUT2D eigenvalue weighted by Crippen LogP contribution is 2.30. The van der Waals surface area contributed by atoms with Crippen LogP contribution >= 0.6 is 35.6 Å². The maximum absolute atomic E-state index is 12.0. The third kappa shape index (κ3) is 5.01. The third-order valence-electron chi connectivity index (χ3n) is 3.30. The first-order chi connectivity index (χ1) is 9.59. The van der Waals surface area contributed by atoms with Gasteiger partial charge in [-0.25, -0.2) is 0 Å². The van der Waals surface area contributed by atoms with E-state index in [1.54, 1.807) is 18.2 Å². The number of rotatable bonds is 4. The number of hydrogen-bond donors (Lipinski definition) is 2. The number of nitrogens with one attached hydrogen (secondary N) is 2. The van der Waals surface area contributed by atoms with Crippen molar-refractivity contribution in [1.82, 2.24) is 10.6 Å². The first kappa shape index (κ1) is 18.5. The lowest BCUT2D eigenvalue weighted by molar-refractivity contribution is -0.134. The summed E-state index contributed by atoms with van der Waals surface area (Å²) < 4.78 is 5.40. The Morgan fingerprint density at radius 3 is 2.71 bits per heavy atom. The molecule has 1 heterocycles. The first-order valence-electron chi connectivity index (χ1n) is 6.63. The molecular formula is C14H19Cl3N2O2. The van der Waals surface area contributed by atoms with Gasteiger partial charge < -0.3 is 15.4 Å². The van der Waals surface area contributed by atoms with Crippen molar-refractivity contribution >= 4 is 41.5 Å². The van der Waals surface area contributed by atoms with Crippen LogP contribution in [0.5, 0.6) is 0 Å². The van der Waals surface area contributed by atoms with Gasteiger partial charge in [-0.1, -0.05) is 36.2 Å². The van der Waals surface area contributed by atoms with Gasteiger partial charge in [-0.3, -0.25) is 4.79 Å². The summed E-state index contributed by atoms with van der Waals surface area (Å²) in [5, 5.41) is 7.25. The maximum Gasteiger partial charge on any atom is 0.250 e. The van der Waals surface area contributed by atoms with Crippen LogP contribution in [0.2, 0.25) is 10.0 Å². The molecule has 2 atom stereocenters. The summed E-state index contributed by atoms with van der Waals surface area (Å²) in [6, 6.07) is 5.41. The minimum absolute atomic E-state index is 0. The minimum Gasteiger partial charge on any atom is -0.366 e. The number of hydrogen-bond acceptors (Lipinski definition) is 3. The molecule has 1 fully saturated rings. The normalized spacial score (nSPS) is 19.5. The topological polar surface area (TPSA) is 50.4 Å². The second kappa shape index (κ2) is 8.81. The molecule has 1 amide bonds. The van der Waals surface area contributed by atoms with E-state index in [1.807, 2.05) is 6.92 Å². The van der Waals surface area contributed by atoms with E-state index in [0.29, 0.717) is 29.7 Å². The fraction of sp³-hybridized carbons (Fsp3) is 0.500. The average Bonchev–Trinajstić information content (AvgIpc) is 2.45. The fourth-order valence-electron chi connectivity index (χ4n) is 2.18. The quantitative estimate of drug-likeness (QED) is 0.875. The number of carbonyl (C=O) groups excluding carboxylic acids is 1. The predicted molar refractivity (Wildman–Crippen MR) is 87.7 cm³/mol. The highest BCUT2D eigenvalue weighted by Gasteiger charge is 2.22. The van der Waals surface area contributed by atoms with Crippen molar-refractivity contribution in [2.24, 2.45) is 0 Å². The van der Waals surface area contributed by atoms with Gasteiger partial charge in [0.2, 0.25) is 5.91 Å². The van der Waals surface area contributed by atoms with Gasteiger partial charge in [-0.15, -0.1) is 12.4 Å². The van der Waals surface area contributed by atoms with Crippen LogP contribution in [0.25, 0.3) is 0 Å². The maximum atomic E-state index is 12.0. The van der Waals surface area contributed by atoms with Crippen molar-refractivity contribution in [2.75, 3.05) is 26.2 Å². The molecule has 1 aliphatic rings. The van der Waals surface area contributed by atoms with Crippen molar-refractivity contribution in [3.8, 4) is 0 Å². The molecule has 0 spiro atoms. The highest BCUT2D eigenvalue weighted by molar-refractivity contribution is 6.36. The smallest absolute Gasteiger partial charge is 0.250 e. The Labute approximate surface area is 140 Å². The van der Waals surface area contributed by atoms with Crippen molar-refractivity contribution < 1.29 is 9.53 Å². The van der Waals surface area contributed by atoms with Gasteiger partial charge in [0.25, 0.3) is 0 Å². The second-order valence-electron chi connectivity index (χ2n) is 4.85. The lowest BCUT2D eigenvalue weighted by atomic mass is 10.0. The summed E-state index contributed by atoms with van der Waals surface area (Å²) in [6.45, 7) is 4.35. The first-order valence-corrected chi connectivity index (χ1v) is 7.39. The molecule has 118 valence electrons. The molecule has 7 heteroatoms. The van der Waals surface area contributed by atoms with Crippen LogP contribution in [0.3, 0.4) is 0 Å². The molecule has 2 N–H and O–H groups in total. The monoisotopic (exact) mass is 352 g/mol. The molecule has 1 aromatic carbocycles. The molecule has 1 saturated heterocycles. The van der Waals surface area contributed by atoms with Gasteiger partial charge >= 0.3 is 0 Å².